The summed E-state index contributed by atoms with van der Waals surface area (Å²) in [6.45, 7) is -0.240. The lowest BCUT2D eigenvalue weighted by atomic mass is 10.2. The summed E-state index contributed by atoms with van der Waals surface area (Å²) in [7, 11) is 0. The summed E-state index contributed by atoms with van der Waals surface area (Å²) in [5, 5.41) is 2.38. The minimum absolute atomic E-state index is 0.0243. The molecule has 0 atom stereocenters. The van der Waals surface area contributed by atoms with Gasteiger partial charge in [0.2, 0.25) is 5.89 Å². The van der Waals surface area contributed by atoms with Crippen LogP contribution in [0.15, 0.2) is 63.6 Å². The predicted molar refractivity (Wildman–Crippen MR) is 95.6 cm³/mol. The van der Waals surface area contributed by atoms with Gasteiger partial charge >= 0.3 is 5.97 Å². The fraction of sp³-hybridized carbons (Fsp3) is 0.111. The molecule has 3 heterocycles. The van der Waals surface area contributed by atoms with Gasteiger partial charge in [-0.1, -0.05) is 18.2 Å². The Morgan fingerprint density at radius 1 is 1.23 bits per heavy atom. The Morgan fingerprint density at radius 2 is 2.12 bits per heavy atom. The SMILES string of the molecule is O=C(Cn1cnc2ccccc2c1=O)OCc1coc(-c2cccs2)n1. The molecule has 0 N–H and O–H groups in total. The number of thiophene rings is 1. The maximum atomic E-state index is 12.4. The average molecular weight is 367 g/mol. The Hall–Kier alpha value is -3.26. The van der Waals surface area contributed by atoms with E-state index in [0.29, 0.717) is 22.5 Å². The Morgan fingerprint density at radius 3 is 2.96 bits per heavy atom. The fourth-order valence-corrected chi connectivity index (χ4v) is 3.10. The van der Waals surface area contributed by atoms with Gasteiger partial charge in [0, 0.05) is 0 Å². The molecule has 0 radical (unpaired) electrons. The van der Waals surface area contributed by atoms with E-state index in [0.717, 1.165) is 4.88 Å². The van der Waals surface area contributed by atoms with Crippen molar-refractivity contribution in [3.63, 3.8) is 0 Å². The first-order chi connectivity index (χ1) is 12.7. The summed E-state index contributed by atoms with van der Waals surface area (Å²) in [5.74, 6) is -0.0640. The molecular weight excluding hydrogens is 354 g/mol. The van der Waals surface area contributed by atoms with E-state index in [-0.39, 0.29) is 18.7 Å². The lowest BCUT2D eigenvalue weighted by molar-refractivity contribution is -0.145. The van der Waals surface area contributed by atoms with Crippen LogP contribution in [0, 0.1) is 0 Å². The Labute approximate surface area is 151 Å². The van der Waals surface area contributed by atoms with Crippen molar-refractivity contribution in [2.45, 2.75) is 13.2 Å². The molecule has 0 aliphatic carbocycles. The Bertz CT molecular complexity index is 1110. The van der Waals surface area contributed by atoms with Crippen LogP contribution in [0.4, 0.5) is 0 Å². The molecule has 0 fully saturated rings. The minimum Gasteiger partial charge on any atom is -0.458 e. The molecule has 0 aliphatic heterocycles. The molecule has 26 heavy (non-hydrogen) atoms. The highest BCUT2D eigenvalue weighted by Crippen LogP contribution is 2.23. The number of hydrogen-bond acceptors (Lipinski definition) is 7. The third-order valence-corrected chi connectivity index (χ3v) is 4.55. The maximum Gasteiger partial charge on any atom is 0.326 e. The second-order valence-corrected chi connectivity index (χ2v) is 6.42. The largest absolute Gasteiger partial charge is 0.458 e. The zero-order chi connectivity index (χ0) is 17.9. The van der Waals surface area contributed by atoms with E-state index in [1.807, 2.05) is 17.5 Å². The van der Waals surface area contributed by atoms with Crippen LogP contribution in [0.2, 0.25) is 0 Å². The molecule has 130 valence electrons. The van der Waals surface area contributed by atoms with Gasteiger partial charge in [0.1, 0.15) is 25.1 Å². The van der Waals surface area contributed by atoms with E-state index in [9.17, 15) is 9.59 Å². The van der Waals surface area contributed by atoms with E-state index in [1.165, 1.54) is 28.5 Å². The molecule has 0 bridgehead atoms. The van der Waals surface area contributed by atoms with Crippen LogP contribution in [0.25, 0.3) is 21.7 Å². The van der Waals surface area contributed by atoms with Crippen molar-refractivity contribution in [3.8, 4) is 10.8 Å². The van der Waals surface area contributed by atoms with Crippen LogP contribution in [0.3, 0.4) is 0 Å². The molecule has 0 saturated carbocycles. The Balaban J connectivity index is 1.42. The number of aromatic nitrogens is 3. The molecule has 3 aromatic heterocycles. The highest BCUT2D eigenvalue weighted by molar-refractivity contribution is 7.13. The number of carbonyl (C=O) groups excluding carboxylic acids is 1. The summed E-state index contributed by atoms with van der Waals surface area (Å²) < 4.78 is 11.8. The smallest absolute Gasteiger partial charge is 0.326 e. The molecule has 7 nitrogen and oxygen atoms in total. The fourth-order valence-electron chi connectivity index (χ4n) is 2.44. The molecular formula is C18H13N3O4S. The standard InChI is InChI=1S/C18H13N3O4S/c22-16(8-21-11-19-14-5-2-1-4-13(14)18(21)23)24-9-12-10-25-17(20-12)15-6-3-7-26-15/h1-7,10-11H,8-9H2. The van der Waals surface area contributed by atoms with Crippen molar-refractivity contribution < 1.29 is 13.9 Å². The summed E-state index contributed by atoms with van der Waals surface area (Å²) in [4.78, 5) is 33.8. The first-order valence-corrected chi connectivity index (χ1v) is 8.67. The van der Waals surface area contributed by atoms with Gasteiger partial charge in [0.25, 0.3) is 5.56 Å². The summed E-state index contributed by atoms with van der Waals surface area (Å²) >= 11 is 1.51. The number of nitrogens with zero attached hydrogens (tertiary/aromatic N) is 3. The summed E-state index contributed by atoms with van der Waals surface area (Å²) in [6.07, 6.45) is 2.79. The van der Waals surface area contributed by atoms with E-state index < -0.39 is 5.97 Å². The second kappa shape index (κ2) is 6.93. The number of carbonyl (C=O) groups is 1. The van der Waals surface area contributed by atoms with Gasteiger partial charge in [-0.05, 0) is 23.6 Å². The summed E-state index contributed by atoms with van der Waals surface area (Å²) in [6, 6.07) is 10.8. The van der Waals surface area contributed by atoms with Crippen molar-refractivity contribution in [1.82, 2.24) is 14.5 Å². The van der Waals surface area contributed by atoms with Crippen molar-refractivity contribution in [2.75, 3.05) is 0 Å². The number of hydrogen-bond donors (Lipinski definition) is 0. The van der Waals surface area contributed by atoms with Crippen LogP contribution < -0.4 is 5.56 Å². The first-order valence-electron chi connectivity index (χ1n) is 7.79. The quantitative estimate of drug-likeness (QED) is 0.504. The molecule has 4 aromatic rings. The van der Waals surface area contributed by atoms with E-state index in [4.69, 9.17) is 9.15 Å². The van der Waals surface area contributed by atoms with Crippen LogP contribution in [-0.4, -0.2) is 20.5 Å². The van der Waals surface area contributed by atoms with Gasteiger partial charge in [-0.2, -0.15) is 0 Å². The van der Waals surface area contributed by atoms with Gasteiger partial charge in [-0.3, -0.25) is 14.2 Å². The molecule has 0 aliphatic rings. The van der Waals surface area contributed by atoms with E-state index >= 15 is 0 Å². The highest BCUT2D eigenvalue weighted by atomic mass is 32.1. The van der Waals surface area contributed by atoms with E-state index in [1.54, 1.807) is 24.3 Å². The topological polar surface area (TPSA) is 87.2 Å². The van der Waals surface area contributed by atoms with Crippen LogP contribution >= 0.6 is 11.3 Å². The maximum absolute atomic E-state index is 12.4. The molecule has 0 unspecified atom stereocenters. The number of oxazole rings is 1. The second-order valence-electron chi connectivity index (χ2n) is 5.48. The number of esters is 1. The molecule has 0 spiro atoms. The number of fused-ring (bicyclic) bond motifs is 1. The highest BCUT2D eigenvalue weighted by Gasteiger charge is 2.12. The first kappa shape index (κ1) is 16.2. The van der Waals surface area contributed by atoms with E-state index in [2.05, 4.69) is 9.97 Å². The minimum atomic E-state index is -0.551. The Kier molecular flexibility index (Phi) is 4.32. The normalized spacial score (nSPS) is 10.9. The number of ether oxygens (including phenoxy) is 1. The molecule has 8 heteroatoms. The van der Waals surface area contributed by atoms with Gasteiger partial charge in [0.05, 0.1) is 22.1 Å². The zero-order valence-electron chi connectivity index (χ0n) is 13.5. The molecule has 0 amide bonds. The van der Waals surface area contributed by atoms with Crippen molar-refractivity contribution in [1.29, 1.82) is 0 Å². The van der Waals surface area contributed by atoms with Crippen LogP contribution in [0.5, 0.6) is 0 Å². The van der Waals surface area contributed by atoms with Gasteiger partial charge in [-0.15, -0.1) is 11.3 Å². The summed E-state index contributed by atoms with van der Waals surface area (Å²) in [5.41, 5.74) is 0.811. The van der Waals surface area contributed by atoms with Crippen molar-refractivity contribution in [3.05, 3.63) is 70.4 Å². The van der Waals surface area contributed by atoms with Gasteiger partial charge < -0.3 is 9.15 Å². The number of para-hydroxylation sites is 1. The van der Waals surface area contributed by atoms with Crippen molar-refractivity contribution >= 4 is 28.2 Å². The average Bonchev–Trinajstić information content (AvgIpc) is 3.34. The van der Waals surface area contributed by atoms with Crippen molar-refractivity contribution in [2.24, 2.45) is 0 Å². The van der Waals surface area contributed by atoms with Crippen LogP contribution in [0.1, 0.15) is 5.69 Å². The zero-order valence-corrected chi connectivity index (χ0v) is 14.3. The third kappa shape index (κ3) is 3.27. The van der Waals surface area contributed by atoms with Crippen LogP contribution in [-0.2, 0) is 22.7 Å². The molecule has 1 aromatic carbocycles. The lowest BCUT2D eigenvalue weighted by Crippen LogP contribution is -2.25. The van der Waals surface area contributed by atoms with Gasteiger partial charge in [0.15, 0.2) is 0 Å². The number of rotatable bonds is 5. The lowest BCUT2D eigenvalue weighted by Gasteiger charge is -2.06. The predicted octanol–water partition coefficient (Wildman–Crippen LogP) is 2.86. The molecule has 0 saturated heterocycles. The van der Waals surface area contributed by atoms with Gasteiger partial charge in [-0.25, -0.2) is 9.97 Å². The number of benzene rings is 1. The molecule has 4 rings (SSSR count). The third-order valence-electron chi connectivity index (χ3n) is 3.70. The monoisotopic (exact) mass is 367 g/mol.